The first-order valence-corrected chi connectivity index (χ1v) is 7.87. The highest BCUT2D eigenvalue weighted by Crippen LogP contribution is 2.29. The number of carbonyl (C=O) groups excluding carboxylic acids is 1. The van der Waals surface area contributed by atoms with Crippen LogP contribution in [0.3, 0.4) is 0 Å². The standard InChI is InChI=1S/C14H11I2NO3/c15-11-6-10(7-12(16)13(11)18)17-14(19)20-8-9-4-2-1-3-5-9/h1-7,18H,8H2,(H,17,19). The van der Waals surface area contributed by atoms with E-state index >= 15 is 0 Å². The van der Waals surface area contributed by atoms with Gasteiger partial charge in [-0.1, -0.05) is 30.3 Å². The summed E-state index contributed by atoms with van der Waals surface area (Å²) in [5, 5.41) is 12.3. The van der Waals surface area contributed by atoms with Crippen LogP contribution in [0.25, 0.3) is 0 Å². The first-order valence-electron chi connectivity index (χ1n) is 5.72. The summed E-state index contributed by atoms with van der Waals surface area (Å²) in [6.07, 6.45) is -0.522. The molecule has 1 amide bonds. The van der Waals surface area contributed by atoms with E-state index < -0.39 is 6.09 Å². The zero-order valence-electron chi connectivity index (χ0n) is 10.3. The molecule has 20 heavy (non-hydrogen) atoms. The number of aromatic hydroxyl groups is 1. The molecule has 0 heterocycles. The van der Waals surface area contributed by atoms with Crippen molar-refractivity contribution in [1.29, 1.82) is 0 Å². The van der Waals surface area contributed by atoms with Crippen LogP contribution >= 0.6 is 45.2 Å². The highest BCUT2D eigenvalue weighted by molar-refractivity contribution is 14.1. The summed E-state index contributed by atoms with van der Waals surface area (Å²) in [5.41, 5.74) is 1.52. The van der Waals surface area contributed by atoms with Crippen molar-refractivity contribution in [2.45, 2.75) is 6.61 Å². The zero-order chi connectivity index (χ0) is 14.5. The number of benzene rings is 2. The molecule has 0 saturated heterocycles. The van der Waals surface area contributed by atoms with Crippen molar-refractivity contribution in [3.8, 4) is 5.75 Å². The average molecular weight is 495 g/mol. The van der Waals surface area contributed by atoms with Crippen molar-refractivity contribution in [1.82, 2.24) is 0 Å². The molecule has 0 aromatic heterocycles. The highest BCUT2D eigenvalue weighted by Gasteiger charge is 2.09. The minimum absolute atomic E-state index is 0.217. The Morgan fingerprint density at radius 2 is 1.75 bits per heavy atom. The predicted octanol–water partition coefficient (Wildman–Crippen LogP) is 4.35. The molecule has 2 aromatic carbocycles. The normalized spacial score (nSPS) is 10.1. The molecule has 2 N–H and O–H groups in total. The number of carbonyl (C=O) groups is 1. The van der Waals surface area contributed by atoms with Crippen LogP contribution in [0.1, 0.15) is 5.56 Å². The van der Waals surface area contributed by atoms with Crippen LogP contribution in [-0.2, 0) is 11.3 Å². The lowest BCUT2D eigenvalue weighted by atomic mass is 10.2. The average Bonchev–Trinajstić information content (AvgIpc) is 2.43. The monoisotopic (exact) mass is 495 g/mol. The number of halogens is 2. The fourth-order valence-electron chi connectivity index (χ4n) is 1.51. The number of amides is 1. The van der Waals surface area contributed by atoms with E-state index in [2.05, 4.69) is 5.32 Å². The van der Waals surface area contributed by atoms with Gasteiger partial charge in [0.05, 0.1) is 7.14 Å². The molecule has 104 valence electrons. The third-order valence-corrected chi connectivity index (χ3v) is 4.12. The lowest BCUT2D eigenvalue weighted by Crippen LogP contribution is -2.13. The maximum atomic E-state index is 11.7. The molecule has 0 bridgehead atoms. The van der Waals surface area contributed by atoms with E-state index in [0.717, 1.165) is 5.56 Å². The van der Waals surface area contributed by atoms with E-state index in [1.165, 1.54) is 0 Å². The van der Waals surface area contributed by atoms with Crippen LogP contribution in [0.2, 0.25) is 0 Å². The third-order valence-electron chi connectivity index (χ3n) is 2.48. The number of phenolic OH excluding ortho intramolecular Hbond substituents is 1. The predicted molar refractivity (Wildman–Crippen MR) is 93.8 cm³/mol. The summed E-state index contributed by atoms with van der Waals surface area (Å²) in [5.74, 6) is 0.217. The van der Waals surface area contributed by atoms with Crippen LogP contribution in [0.15, 0.2) is 42.5 Å². The number of hydrogen-bond acceptors (Lipinski definition) is 3. The van der Waals surface area contributed by atoms with Gasteiger partial charge in [0.25, 0.3) is 0 Å². The molecule has 6 heteroatoms. The van der Waals surface area contributed by atoms with Crippen LogP contribution in [0.4, 0.5) is 10.5 Å². The molecular weight excluding hydrogens is 484 g/mol. The first kappa shape index (κ1) is 15.4. The largest absolute Gasteiger partial charge is 0.506 e. The quantitative estimate of drug-likeness (QED) is 0.492. The maximum absolute atomic E-state index is 11.7. The lowest BCUT2D eigenvalue weighted by molar-refractivity contribution is 0.155. The van der Waals surface area contributed by atoms with E-state index in [0.29, 0.717) is 12.8 Å². The minimum Gasteiger partial charge on any atom is -0.506 e. The van der Waals surface area contributed by atoms with Crippen LogP contribution in [0, 0.1) is 7.14 Å². The maximum Gasteiger partial charge on any atom is 0.411 e. The zero-order valence-corrected chi connectivity index (χ0v) is 14.6. The molecule has 0 aliphatic carbocycles. The van der Waals surface area contributed by atoms with Crippen LogP contribution < -0.4 is 5.32 Å². The Morgan fingerprint density at radius 1 is 1.15 bits per heavy atom. The van der Waals surface area contributed by atoms with Crippen LogP contribution in [0.5, 0.6) is 5.75 Å². The summed E-state index contributed by atoms with van der Waals surface area (Å²) in [6, 6.07) is 12.8. The Hall–Kier alpha value is -1.03. The van der Waals surface area contributed by atoms with E-state index in [4.69, 9.17) is 4.74 Å². The van der Waals surface area contributed by atoms with E-state index in [-0.39, 0.29) is 12.4 Å². The number of ether oxygens (including phenoxy) is 1. The molecular formula is C14H11I2NO3. The van der Waals surface area contributed by atoms with Gasteiger partial charge < -0.3 is 9.84 Å². The molecule has 0 atom stereocenters. The molecule has 2 aromatic rings. The molecule has 0 unspecified atom stereocenters. The number of nitrogens with one attached hydrogen (secondary N) is 1. The number of rotatable bonds is 3. The van der Waals surface area contributed by atoms with Gasteiger partial charge in [0.1, 0.15) is 12.4 Å². The van der Waals surface area contributed by atoms with E-state index in [9.17, 15) is 9.90 Å². The summed E-state index contributed by atoms with van der Waals surface area (Å²) >= 11 is 4.01. The summed E-state index contributed by atoms with van der Waals surface area (Å²) < 4.78 is 6.47. The van der Waals surface area contributed by atoms with Crippen molar-refractivity contribution in [2.75, 3.05) is 5.32 Å². The molecule has 0 fully saturated rings. The summed E-state index contributed by atoms with van der Waals surface area (Å²) in [4.78, 5) is 11.7. The van der Waals surface area contributed by atoms with Gasteiger partial charge >= 0.3 is 6.09 Å². The fraction of sp³-hybridized carbons (Fsp3) is 0.0714. The Kier molecular flexibility index (Phi) is 5.46. The van der Waals surface area contributed by atoms with Gasteiger partial charge in [0.2, 0.25) is 0 Å². The van der Waals surface area contributed by atoms with Crippen molar-refractivity contribution < 1.29 is 14.6 Å². The second-order valence-corrected chi connectivity index (χ2v) is 6.30. The summed E-state index contributed by atoms with van der Waals surface area (Å²) in [7, 11) is 0. The molecule has 0 saturated carbocycles. The van der Waals surface area contributed by atoms with Gasteiger partial charge in [-0.15, -0.1) is 0 Å². The number of hydrogen-bond donors (Lipinski definition) is 2. The van der Waals surface area contributed by atoms with Gasteiger partial charge in [-0.25, -0.2) is 4.79 Å². The van der Waals surface area contributed by atoms with Gasteiger partial charge in [0, 0.05) is 5.69 Å². The smallest absolute Gasteiger partial charge is 0.411 e. The molecule has 0 radical (unpaired) electrons. The Labute approximate surface area is 143 Å². The first-order chi connectivity index (χ1) is 9.56. The van der Waals surface area contributed by atoms with Gasteiger partial charge in [-0.05, 0) is 62.9 Å². The second kappa shape index (κ2) is 7.11. The topological polar surface area (TPSA) is 58.6 Å². The molecule has 0 aliphatic rings. The van der Waals surface area contributed by atoms with Crippen molar-refractivity contribution in [2.24, 2.45) is 0 Å². The molecule has 2 rings (SSSR count). The Bertz CT molecular complexity index is 594. The van der Waals surface area contributed by atoms with Crippen molar-refractivity contribution >= 4 is 57.0 Å². The molecule has 4 nitrogen and oxygen atoms in total. The third kappa shape index (κ3) is 4.23. The highest BCUT2D eigenvalue weighted by atomic mass is 127. The van der Waals surface area contributed by atoms with Gasteiger partial charge in [0.15, 0.2) is 0 Å². The molecule has 0 aliphatic heterocycles. The summed E-state index contributed by atoms with van der Waals surface area (Å²) in [6.45, 7) is 0.221. The SMILES string of the molecule is O=C(Nc1cc(I)c(O)c(I)c1)OCc1ccccc1. The number of anilines is 1. The van der Waals surface area contributed by atoms with Crippen molar-refractivity contribution in [3.05, 3.63) is 55.2 Å². The van der Waals surface area contributed by atoms with Gasteiger partial charge in [-0.2, -0.15) is 0 Å². The van der Waals surface area contributed by atoms with E-state index in [1.807, 2.05) is 75.5 Å². The van der Waals surface area contributed by atoms with Crippen LogP contribution in [-0.4, -0.2) is 11.2 Å². The second-order valence-electron chi connectivity index (χ2n) is 3.98. The Balaban J connectivity index is 1.95. The van der Waals surface area contributed by atoms with Gasteiger partial charge in [-0.3, -0.25) is 5.32 Å². The molecule has 0 spiro atoms. The Morgan fingerprint density at radius 3 is 2.35 bits per heavy atom. The van der Waals surface area contributed by atoms with E-state index in [1.54, 1.807) is 12.1 Å². The number of phenols is 1. The fourth-order valence-corrected chi connectivity index (χ4v) is 3.28. The van der Waals surface area contributed by atoms with Crippen molar-refractivity contribution in [3.63, 3.8) is 0 Å². The minimum atomic E-state index is -0.522. The lowest BCUT2D eigenvalue weighted by Gasteiger charge is -2.09.